The predicted octanol–water partition coefficient (Wildman–Crippen LogP) is 12.3. The molecule has 8 heteroatoms. The number of hydrogen-bond donors (Lipinski definition) is 3. The van der Waals surface area contributed by atoms with Gasteiger partial charge >= 0.3 is 11.9 Å². The molecule has 54 heavy (non-hydrogen) atoms. The number of aliphatic hydroxyl groups is 2. The first-order valence-electron chi connectivity index (χ1n) is 23.4. The van der Waals surface area contributed by atoms with Crippen molar-refractivity contribution in [2.45, 2.75) is 251 Å². The van der Waals surface area contributed by atoms with Gasteiger partial charge in [0.2, 0.25) is 0 Å². The Bertz CT molecular complexity index is 785. The lowest BCUT2D eigenvalue weighted by atomic mass is 10.0. The predicted molar refractivity (Wildman–Crippen MR) is 233 cm³/mol. The summed E-state index contributed by atoms with van der Waals surface area (Å²) in [7, 11) is 0. The Morgan fingerprint density at radius 2 is 0.926 bits per heavy atom. The maximum atomic E-state index is 12.8. The van der Waals surface area contributed by atoms with Crippen LogP contribution in [0.3, 0.4) is 0 Å². The minimum atomic E-state index is -0.546. The number of thiol groups is 1. The van der Waals surface area contributed by atoms with Gasteiger partial charge in [-0.1, -0.05) is 149 Å². The molecule has 0 heterocycles. The highest BCUT2D eigenvalue weighted by atomic mass is 32.1. The lowest BCUT2D eigenvalue weighted by Crippen LogP contribution is -2.38. The average Bonchev–Trinajstić information content (AvgIpc) is 3.14. The van der Waals surface area contributed by atoms with E-state index in [1.165, 1.54) is 109 Å². The zero-order chi connectivity index (χ0) is 39.7. The Kier molecular flexibility index (Phi) is 41.2. The summed E-state index contributed by atoms with van der Waals surface area (Å²) in [5.74, 6) is 0.590. The summed E-state index contributed by atoms with van der Waals surface area (Å²) in [5, 5.41) is 21.6. The van der Waals surface area contributed by atoms with Gasteiger partial charge in [-0.25, -0.2) is 0 Å². The van der Waals surface area contributed by atoms with Gasteiger partial charge in [0.1, 0.15) is 6.10 Å². The molecule has 7 nitrogen and oxygen atoms in total. The van der Waals surface area contributed by atoms with E-state index in [9.17, 15) is 19.8 Å². The van der Waals surface area contributed by atoms with Crippen LogP contribution in [0.1, 0.15) is 233 Å². The topological polar surface area (TPSA) is 96.3 Å². The van der Waals surface area contributed by atoms with Gasteiger partial charge in [-0.2, -0.15) is 12.6 Å². The van der Waals surface area contributed by atoms with Gasteiger partial charge < -0.3 is 19.7 Å². The standard InChI is InChI=1S/C46H91NO6S/c1-4-7-10-13-16-17-18-21-28-38-52-45(50)36-30-32-43(49)41-47(37-27-29-39-54)40-42(48)31-23-22-26-35-46(51)53-44(33-24-19-14-11-8-5-2)34-25-20-15-12-9-6-3/h42-44,48-49,54H,4-41H2,1-3H3. The molecule has 0 aliphatic heterocycles. The van der Waals surface area contributed by atoms with E-state index in [-0.39, 0.29) is 18.0 Å². The number of hydrogen-bond acceptors (Lipinski definition) is 8. The van der Waals surface area contributed by atoms with Gasteiger partial charge in [0.15, 0.2) is 0 Å². The number of nitrogens with zero attached hydrogens (tertiary/aromatic N) is 1. The van der Waals surface area contributed by atoms with Crippen molar-refractivity contribution in [2.24, 2.45) is 0 Å². The highest BCUT2D eigenvalue weighted by molar-refractivity contribution is 7.80. The van der Waals surface area contributed by atoms with Crippen molar-refractivity contribution in [2.75, 3.05) is 32.0 Å². The monoisotopic (exact) mass is 786 g/mol. The van der Waals surface area contributed by atoms with Gasteiger partial charge in [0.25, 0.3) is 0 Å². The Morgan fingerprint density at radius 1 is 0.500 bits per heavy atom. The lowest BCUT2D eigenvalue weighted by molar-refractivity contribution is -0.150. The second kappa shape index (κ2) is 41.8. The summed E-state index contributed by atoms with van der Waals surface area (Å²) >= 11 is 4.35. The van der Waals surface area contributed by atoms with Crippen molar-refractivity contribution >= 4 is 24.6 Å². The van der Waals surface area contributed by atoms with Crippen LogP contribution in [-0.4, -0.2) is 77.4 Å². The molecule has 0 bridgehead atoms. The molecular formula is C46H91NO6S. The molecule has 322 valence electrons. The first-order chi connectivity index (χ1) is 26.4. The van der Waals surface area contributed by atoms with Crippen molar-refractivity contribution in [1.82, 2.24) is 4.90 Å². The van der Waals surface area contributed by atoms with E-state index in [0.29, 0.717) is 51.8 Å². The minimum Gasteiger partial charge on any atom is -0.466 e. The molecule has 0 rings (SSSR count). The first-order valence-corrected chi connectivity index (χ1v) is 24.0. The van der Waals surface area contributed by atoms with Crippen molar-refractivity contribution in [1.29, 1.82) is 0 Å². The van der Waals surface area contributed by atoms with Crippen LogP contribution in [-0.2, 0) is 19.1 Å². The minimum absolute atomic E-state index is 0.0590. The number of ether oxygens (including phenoxy) is 2. The molecule has 0 radical (unpaired) electrons. The molecule has 0 spiro atoms. The van der Waals surface area contributed by atoms with Crippen molar-refractivity contribution < 1.29 is 29.3 Å². The van der Waals surface area contributed by atoms with Crippen LogP contribution in [0.15, 0.2) is 0 Å². The van der Waals surface area contributed by atoms with E-state index in [1.807, 2.05) is 0 Å². The molecule has 0 aliphatic carbocycles. The van der Waals surface area contributed by atoms with E-state index in [0.717, 1.165) is 82.9 Å². The third-order valence-corrected chi connectivity index (χ3v) is 11.0. The quantitative estimate of drug-likeness (QED) is 0.0322. The normalized spacial score (nSPS) is 12.8. The van der Waals surface area contributed by atoms with Crippen LogP contribution < -0.4 is 0 Å². The number of carbonyl (C=O) groups excluding carboxylic acids is 2. The smallest absolute Gasteiger partial charge is 0.306 e. The molecule has 0 saturated carbocycles. The van der Waals surface area contributed by atoms with Crippen molar-refractivity contribution in [3.8, 4) is 0 Å². The Labute approximate surface area is 340 Å². The number of esters is 2. The second-order valence-corrected chi connectivity index (χ2v) is 16.7. The van der Waals surface area contributed by atoms with Crippen LogP contribution in [0.25, 0.3) is 0 Å². The molecular weight excluding hydrogens is 695 g/mol. The van der Waals surface area contributed by atoms with Gasteiger partial charge in [-0.3, -0.25) is 14.5 Å². The summed E-state index contributed by atoms with van der Waals surface area (Å²) in [5.41, 5.74) is 0. The van der Waals surface area contributed by atoms with Crippen molar-refractivity contribution in [3.63, 3.8) is 0 Å². The average molecular weight is 786 g/mol. The largest absolute Gasteiger partial charge is 0.466 e. The second-order valence-electron chi connectivity index (χ2n) is 16.3. The molecule has 0 aromatic carbocycles. The highest BCUT2D eigenvalue weighted by Crippen LogP contribution is 2.19. The van der Waals surface area contributed by atoms with E-state index in [4.69, 9.17) is 9.47 Å². The van der Waals surface area contributed by atoms with E-state index >= 15 is 0 Å². The van der Waals surface area contributed by atoms with E-state index in [2.05, 4.69) is 38.3 Å². The van der Waals surface area contributed by atoms with Crippen molar-refractivity contribution in [3.05, 3.63) is 0 Å². The third-order valence-electron chi connectivity index (χ3n) is 10.7. The number of carbonyl (C=O) groups is 2. The summed E-state index contributed by atoms with van der Waals surface area (Å²) < 4.78 is 11.4. The van der Waals surface area contributed by atoms with Crippen LogP contribution in [0, 0.1) is 0 Å². The molecule has 0 saturated heterocycles. The number of aliphatic hydroxyl groups excluding tert-OH is 2. The zero-order valence-corrected chi connectivity index (χ0v) is 36.9. The highest BCUT2D eigenvalue weighted by Gasteiger charge is 2.17. The molecule has 0 aromatic rings. The van der Waals surface area contributed by atoms with Crippen LogP contribution >= 0.6 is 12.6 Å². The van der Waals surface area contributed by atoms with E-state index in [1.54, 1.807) is 0 Å². The van der Waals surface area contributed by atoms with Crippen LogP contribution in [0.4, 0.5) is 0 Å². The summed E-state index contributed by atoms with van der Waals surface area (Å²) in [6.07, 6.45) is 34.4. The van der Waals surface area contributed by atoms with Gasteiger partial charge in [0, 0.05) is 25.9 Å². The van der Waals surface area contributed by atoms with Crippen LogP contribution in [0.2, 0.25) is 0 Å². The summed E-state index contributed by atoms with van der Waals surface area (Å²) in [6, 6.07) is 0. The molecule has 2 unspecified atom stereocenters. The molecule has 0 amide bonds. The lowest BCUT2D eigenvalue weighted by Gasteiger charge is -2.27. The molecule has 2 N–H and O–H groups in total. The fourth-order valence-electron chi connectivity index (χ4n) is 7.27. The maximum Gasteiger partial charge on any atom is 0.306 e. The Hall–Kier alpha value is -0.830. The summed E-state index contributed by atoms with van der Waals surface area (Å²) in [6.45, 7) is 9.05. The molecule has 2 atom stereocenters. The zero-order valence-electron chi connectivity index (χ0n) is 36.0. The van der Waals surface area contributed by atoms with Gasteiger partial charge in [-0.15, -0.1) is 0 Å². The number of unbranched alkanes of at least 4 members (excludes halogenated alkanes) is 21. The SMILES string of the molecule is CCCCCCCCCCCOC(=O)CCCC(O)CN(CCCCS)CC(O)CCCCCC(=O)OC(CCCCCCCC)CCCCCCCC. The fraction of sp³-hybridized carbons (Fsp3) is 0.957. The molecule has 0 aromatic heterocycles. The first kappa shape index (κ1) is 53.2. The third kappa shape index (κ3) is 38.1. The molecule has 0 aliphatic rings. The van der Waals surface area contributed by atoms with E-state index < -0.39 is 12.2 Å². The van der Waals surface area contributed by atoms with Gasteiger partial charge in [-0.05, 0) is 82.9 Å². The maximum absolute atomic E-state index is 12.8. The van der Waals surface area contributed by atoms with Gasteiger partial charge in [0.05, 0.1) is 18.8 Å². The number of rotatable bonds is 43. The Balaban J connectivity index is 4.35. The summed E-state index contributed by atoms with van der Waals surface area (Å²) in [4.78, 5) is 27.1. The fourth-order valence-corrected chi connectivity index (χ4v) is 7.50. The van der Waals surface area contributed by atoms with Crippen LogP contribution in [0.5, 0.6) is 0 Å². The Morgan fingerprint density at radius 3 is 1.44 bits per heavy atom. The molecule has 0 fully saturated rings.